The van der Waals surface area contributed by atoms with Crippen molar-refractivity contribution in [2.45, 2.75) is 354 Å². The number of aliphatic hydroxyl groups is 25. The molecule has 12 fully saturated rings. The molecule has 42 nitrogen and oxygen atoms in total. The third kappa shape index (κ3) is 20.9. The lowest BCUT2D eigenvalue weighted by atomic mass is 9.72. The van der Waals surface area contributed by atoms with E-state index in [1.807, 2.05) is 0 Å². The first kappa shape index (κ1) is 90.6. The van der Waals surface area contributed by atoms with E-state index in [4.69, 9.17) is 71.1 Å². The van der Waals surface area contributed by atoms with Crippen LogP contribution in [-0.4, -0.2) is 424 Å². The number of carbonyl (C=O) groups excluding carboxylic acids is 4. The first-order valence-corrected chi connectivity index (χ1v) is 39.8. The maximum Gasteiger partial charge on any atom is 0.330 e. The molecule has 115 heavy (non-hydrogen) atoms. The molecule has 0 aromatic carbocycles. The number of ether oxygens (including phenoxy) is 15. The standard InChI is InChI=1S/C73H114O42/c74-20-40-50(85)56(91)61(96)70(110-40)106-31-16-34(78)48-38(18-31)108-67(68(55(48)90)115-73-65(100)57(92)51(86)41(21-75)111-73)26-4-8-29(9-5-26)104-69-62(97)58(93)52(87)42(112-69)22-102-46(82)11-12-47(83)103-23-43-53(88)59(94)63(98)71(113-43)105-30-15-33(77)32-19-39(66(107-37(32)17-30)27-13-35(79)49(84)36(80)14-27)109-72-64(99)60(95)54(89)44(114-72)24-101-45(81)10-3-25-1-6-28(76)7-2-25/h3,10,25-44,48-54,56-80,84-89,91-100H,1-2,4-9,11-24H2/p+1/t25?,26?,27?,28?,29?,30?,31?,32?,33?,34?,35?,36?,37?,38?,39?,40-,41-,42-,43-,44-,48?,49?,50-,51-,52-,53-,54-,56+,57+,58+,59+,60+,61-,62-,63-,64-,65-,66?,67?,68?,69-,70-,71-,72-,73+/m1/s1. The Kier molecular flexibility index (Phi) is 31.3. The molecule has 0 radical (unpaired) electrons. The van der Waals surface area contributed by atoms with Crippen LogP contribution in [0, 0.1) is 29.6 Å². The third-order valence-electron chi connectivity index (χ3n) is 25.1. The summed E-state index contributed by atoms with van der Waals surface area (Å²) in [4.78, 5) is 53.7. The fourth-order valence-electron chi connectivity index (χ4n) is 18.3. The molecule has 39 atom stereocenters. The van der Waals surface area contributed by atoms with E-state index in [0.717, 1.165) is 0 Å². The largest absolute Gasteiger partial charge is 0.463 e. The van der Waals surface area contributed by atoms with Gasteiger partial charge in [-0.25, -0.2) is 4.79 Å². The van der Waals surface area contributed by atoms with Crippen LogP contribution in [-0.2, 0) is 85.5 Å². The Bertz CT molecular complexity index is 3130. The Morgan fingerprint density at radius 1 is 0.391 bits per heavy atom. The van der Waals surface area contributed by atoms with E-state index in [1.54, 1.807) is 6.08 Å². The van der Waals surface area contributed by atoms with Gasteiger partial charge in [-0.15, -0.1) is 0 Å². The summed E-state index contributed by atoms with van der Waals surface area (Å²) in [7, 11) is 0. The lowest BCUT2D eigenvalue weighted by Gasteiger charge is -2.51. The Hall–Kier alpha value is -3.58. The van der Waals surface area contributed by atoms with Crippen molar-refractivity contribution in [3.8, 4) is 0 Å². The van der Waals surface area contributed by atoms with E-state index in [1.165, 1.54) is 6.08 Å². The molecule has 7 saturated heterocycles. The van der Waals surface area contributed by atoms with Crippen LogP contribution in [0.1, 0.15) is 109 Å². The van der Waals surface area contributed by atoms with Gasteiger partial charge < -0.3 is 189 Å². The van der Waals surface area contributed by atoms with Gasteiger partial charge in [0.25, 0.3) is 0 Å². The lowest BCUT2D eigenvalue weighted by Crippen LogP contribution is -2.65. The van der Waals surface area contributed by atoms with Crippen LogP contribution in [0.2, 0.25) is 0 Å². The summed E-state index contributed by atoms with van der Waals surface area (Å²) in [6.07, 6.45) is -56.6. The van der Waals surface area contributed by atoms with Crippen molar-refractivity contribution in [2.75, 3.05) is 33.0 Å². The highest BCUT2D eigenvalue weighted by Gasteiger charge is 2.61. The van der Waals surface area contributed by atoms with Gasteiger partial charge in [0.05, 0.1) is 98.9 Å². The molecule has 42 heteroatoms. The van der Waals surface area contributed by atoms with Crippen LogP contribution in [0.15, 0.2) is 12.2 Å². The molecule has 5 saturated carbocycles. The summed E-state index contributed by atoms with van der Waals surface area (Å²) in [6, 6.07) is 0. The number of aliphatic hydroxyl groups excluding tert-OH is 23. The predicted molar refractivity (Wildman–Crippen MR) is 369 cm³/mol. The predicted octanol–water partition coefficient (Wildman–Crippen LogP) is -11.3. The second-order valence-corrected chi connectivity index (χ2v) is 32.9. The summed E-state index contributed by atoms with van der Waals surface area (Å²) in [5.74, 6) is -6.87. The average Bonchev–Trinajstić information content (AvgIpc) is 0.750. The number of carbonyl (C=O) groups is 4. The van der Waals surface area contributed by atoms with Gasteiger partial charge in [0.15, 0.2) is 49.4 Å². The first-order chi connectivity index (χ1) is 54.7. The molecular weight excluding hydrogens is 1550 g/mol. The monoisotopic (exact) mass is 1660 g/mol. The van der Waals surface area contributed by atoms with Gasteiger partial charge in [0.2, 0.25) is 0 Å². The molecule has 14 unspecified atom stereocenters. The Labute approximate surface area is 658 Å². The van der Waals surface area contributed by atoms with Crippen molar-refractivity contribution in [1.82, 2.24) is 0 Å². The van der Waals surface area contributed by atoms with Crippen molar-refractivity contribution in [3.05, 3.63) is 12.2 Å². The van der Waals surface area contributed by atoms with Gasteiger partial charge in [-0.2, -0.15) is 0 Å². The smallest absolute Gasteiger partial charge is 0.330 e. The normalized spacial score (nSPS) is 50.0. The minimum absolute atomic E-state index is 0.0142. The van der Waals surface area contributed by atoms with Crippen molar-refractivity contribution >= 4 is 23.7 Å². The van der Waals surface area contributed by atoms with Gasteiger partial charge in [0.1, 0.15) is 160 Å². The number of hydrogen-bond acceptors (Lipinski definition) is 41. The maximum absolute atomic E-state index is 14.7. The molecule has 0 aromatic heterocycles. The number of hydrogen-bond donors (Lipinski definition) is 23. The zero-order valence-electron chi connectivity index (χ0n) is 62.8. The fourth-order valence-corrected chi connectivity index (χ4v) is 18.3. The fraction of sp³-hybridized carbons (Fsp3) is 0.918. The quantitative estimate of drug-likeness (QED) is 0.0175. The van der Waals surface area contributed by atoms with Gasteiger partial charge in [-0.1, -0.05) is 6.08 Å². The molecule has 0 amide bonds. The zero-order valence-corrected chi connectivity index (χ0v) is 62.8. The van der Waals surface area contributed by atoms with Crippen LogP contribution >= 0.6 is 0 Å². The molecule has 658 valence electrons. The number of Topliss-reactive ketones (excluding diaryl/α,β-unsaturated/α-hetero) is 1. The third-order valence-corrected chi connectivity index (χ3v) is 25.1. The molecule has 0 spiro atoms. The van der Waals surface area contributed by atoms with E-state index in [9.17, 15) is 137 Å². The number of rotatable bonds is 25. The highest BCUT2D eigenvalue weighted by atomic mass is 16.8. The Morgan fingerprint density at radius 2 is 0.817 bits per heavy atom. The molecule has 24 N–H and O–H groups in total. The second kappa shape index (κ2) is 39.7. The van der Waals surface area contributed by atoms with Crippen molar-refractivity contribution in [3.63, 3.8) is 0 Å². The summed E-state index contributed by atoms with van der Waals surface area (Å²) < 4.78 is 87.1. The van der Waals surface area contributed by atoms with Crippen LogP contribution in [0.25, 0.3) is 0 Å². The Morgan fingerprint density at radius 3 is 1.30 bits per heavy atom. The average molecular weight is 1660 g/mol. The van der Waals surface area contributed by atoms with E-state index >= 15 is 0 Å². The van der Waals surface area contributed by atoms with E-state index in [-0.39, 0.29) is 76.5 Å². The number of fused-ring (bicyclic) bond motifs is 2. The highest BCUT2D eigenvalue weighted by molar-refractivity contribution is 5.88. The molecule has 7 aliphatic heterocycles. The Balaban J connectivity index is 0.606. The molecule has 12 rings (SSSR count). The molecule has 0 bridgehead atoms. The lowest BCUT2D eigenvalue weighted by molar-refractivity contribution is -0.363. The highest BCUT2D eigenvalue weighted by Crippen LogP contribution is 2.47. The number of allylic oxidation sites excluding steroid dienone is 1. The van der Waals surface area contributed by atoms with E-state index in [2.05, 4.69) is 0 Å². The second-order valence-electron chi connectivity index (χ2n) is 32.9. The van der Waals surface area contributed by atoms with Crippen LogP contribution in [0.3, 0.4) is 0 Å². The zero-order chi connectivity index (χ0) is 82.9. The van der Waals surface area contributed by atoms with Crippen molar-refractivity contribution < 1.29 is 208 Å². The summed E-state index contributed by atoms with van der Waals surface area (Å²) in [5.41, 5.74) is 0. The minimum Gasteiger partial charge on any atom is -0.463 e. The van der Waals surface area contributed by atoms with Crippen LogP contribution in [0.4, 0.5) is 0 Å². The van der Waals surface area contributed by atoms with Crippen LogP contribution < -0.4 is 0 Å². The van der Waals surface area contributed by atoms with E-state index in [0.29, 0.717) is 25.7 Å². The summed E-state index contributed by atoms with van der Waals surface area (Å²) >= 11 is 0. The van der Waals surface area contributed by atoms with Gasteiger partial charge in [-0.3, -0.25) is 14.4 Å². The summed E-state index contributed by atoms with van der Waals surface area (Å²) in [6.45, 7) is -3.67. The number of ketones is 1. The van der Waals surface area contributed by atoms with Gasteiger partial charge in [0, 0.05) is 37.7 Å². The SMILES string of the molecule is O=C(C=CC1CCC(O)CC1)OC[C@H]1O[C@@H](OC2CC3C(O)CC(O[C@@H]4O[C@H](COC(=O)CCC(=O)OC[C@H]5O[C@@H](OC6CCC(C7OC8CC(O[C@@H]9O[C@H](CO)[C@@H](O)[C@H](O)[C@H]9O)CC(O)C8C(=O)C7O[C@@H]7O[C@H](CO)[C@@H](O)[C@H](O)[C@H]7O)CC6)[C@H](O)[C@@H](O)[C@@H]5O)[C@@H](O)[C@H](O)[C@H]4O)CC3[OH+]C2C2CC(O)C(O)C(O)C2)[C@H](O)[C@@H](O)[C@@H]1O. The van der Waals surface area contributed by atoms with Crippen LogP contribution in [0.5, 0.6) is 0 Å². The molecular formula is C73H115O42+. The van der Waals surface area contributed by atoms with Crippen molar-refractivity contribution in [2.24, 2.45) is 29.6 Å². The van der Waals surface area contributed by atoms with Crippen molar-refractivity contribution in [1.29, 1.82) is 0 Å². The minimum atomic E-state index is -1.96. The van der Waals surface area contributed by atoms with Gasteiger partial charge >= 0.3 is 17.9 Å². The van der Waals surface area contributed by atoms with Gasteiger partial charge in [-0.05, 0) is 82.5 Å². The maximum atomic E-state index is 14.7. The number of esters is 3. The molecule has 7 heterocycles. The first-order valence-electron chi connectivity index (χ1n) is 39.8. The molecule has 5 aliphatic carbocycles. The molecule has 0 aromatic rings. The molecule has 12 aliphatic rings. The topological polar surface area (TPSA) is 676 Å². The summed E-state index contributed by atoms with van der Waals surface area (Å²) in [5, 5.41) is 248. The van der Waals surface area contributed by atoms with E-state index < -0.39 is 338 Å².